The molecule has 1 aromatic carbocycles. The van der Waals surface area contributed by atoms with E-state index in [1.165, 1.54) is 6.07 Å². The molecule has 0 radical (unpaired) electrons. The lowest BCUT2D eigenvalue weighted by atomic mass is 9.84. The molecule has 2 aromatic heterocycles. The van der Waals surface area contributed by atoms with E-state index < -0.39 is 0 Å². The summed E-state index contributed by atoms with van der Waals surface area (Å²) in [6, 6.07) is 5.46. The van der Waals surface area contributed by atoms with E-state index in [2.05, 4.69) is 31.9 Å². The molecule has 0 aliphatic carbocycles. The average molecular weight is 520 g/mol. The summed E-state index contributed by atoms with van der Waals surface area (Å²) in [5.41, 5.74) is 5.00. The lowest BCUT2D eigenvalue weighted by molar-refractivity contribution is 0.116. The first-order valence-electron chi connectivity index (χ1n) is 11.2. The molecule has 178 valence electrons. The van der Waals surface area contributed by atoms with Crippen molar-refractivity contribution in [3.8, 4) is 11.3 Å². The van der Waals surface area contributed by atoms with Gasteiger partial charge in [0.05, 0.1) is 47.1 Å². The third-order valence-corrected chi connectivity index (χ3v) is 6.93. The first-order valence-corrected chi connectivity index (χ1v) is 12.0. The Morgan fingerprint density at radius 3 is 2.70 bits per heavy atom. The first-order chi connectivity index (χ1) is 15.7. The number of hydrogen-bond donors (Lipinski definition) is 2. The summed E-state index contributed by atoms with van der Waals surface area (Å²) in [6.07, 6.45) is 2.27. The van der Waals surface area contributed by atoms with Gasteiger partial charge in [-0.2, -0.15) is 0 Å². The second-order valence-electron chi connectivity index (χ2n) is 9.39. The van der Waals surface area contributed by atoms with Gasteiger partial charge in [0.2, 0.25) is 0 Å². The Hall–Kier alpha value is -2.00. The lowest BCUT2D eigenvalue weighted by Gasteiger charge is -2.29. The van der Waals surface area contributed by atoms with Crippen LogP contribution in [0, 0.1) is 11.2 Å². The predicted molar refractivity (Wildman–Crippen MR) is 132 cm³/mol. The molecule has 1 aliphatic rings. The number of anilines is 1. The number of hydrogen-bond acceptors (Lipinski definition) is 5. The SMILES string of the molecule is CO[C@@H](C)c1ncc(N2CCOCC2)cc1-c1[nH]c2cc(F)c(Br)cc2c1CC(C)(C)CO. The monoisotopic (exact) mass is 519 g/mol. The number of benzene rings is 1. The number of H-pyrrole nitrogens is 1. The minimum Gasteiger partial charge on any atom is -0.396 e. The van der Waals surface area contributed by atoms with E-state index in [1.54, 1.807) is 7.11 Å². The van der Waals surface area contributed by atoms with Crippen LogP contribution in [-0.4, -0.2) is 55.1 Å². The quantitative estimate of drug-likeness (QED) is 0.446. The normalized spacial score (nSPS) is 15.9. The highest BCUT2D eigenvalue weighted by molar-refractivity contribution is 9.10. The minimum absolute atomic E-state index is 0.0366. The highest BCUT2D eigenvalue weighted by atomic mass is 79.9. The van der Waals surface area contributed by atoms with Crippen LogP contribution in [-0.2, 0) is 15.9 Å². The Balaban J connectivity index is 1.95. The van der Waals surface area contributed by atoms with Gasteiger partial charge in [-0.05, 0) is 58.5 Å². The van der Waals surface area contributed by atoms with Crippen LogP contribution >= 0.6 is 15.9 Å². The molecule has 2 N–H and O–H groups in total. The topological polar surface area (TPSA) is 70.6 Å². The van der Waals surface area contributed by atoms with E-state index in [-0.39, 0.29) is 23.9 Å². The van der Waals surface area contributed by atoms with E-state index in [0.717, 1.165) is 46.7 Å². The summed E-state index contributed by atoms with van der Waals surface area (Å²) in [6.45, 7) is 9.02. The van der Waals surface area contributed by atoms with E-state index in [9.17, 15) is 9.50 Å². The highest BCUT2D eigenvalue weighted by Gasteiger charge is 2.27. The van der Waals surface area contributed by atoms with E-state index in [4.69, 9.17) is 14.5 Å². The second-order valence-corrected chi connectivity index (χ2v) is 10.2. The molecule has 1 fully saturated rings. The van der Waals surface area contributed by atoms with Crippen molar-refractivity contribution in [1.82, 2.24) is 9.97 Å². The number of aliphatic hydroxyl groups excluding tert-OH is 1. The maximum absolute atomic E-state index is 14.4. The van der Waals surface area contributed by atoms with Crippen LogP contribution in [0.15, 0.2) is 28.9 Å². The molecule has 0 unspecified atom stereocenters. The van der Waals surface area contributed by atoms with Gasteiger partial charge in [-0.3, -0.25) is 4.98 Å². The summed E-state index contributed by atoms with van der Waals surface area (Å²) in [4.78, 5) is 10.5. The number of morpholine rings is 1. The van der Waals surface area contributed by atoms with Gasteiger partial charge in [0.1, 0.15) is 5.82 Å². The maximum Gasteiger partial charge on any atom is 0.139 e. The highest BCUT2D eigenvalue weighted by Crippen LogP contribution is 2.40. The van der Waals surface area contributed by atoms with Crippen molar-refractivity contribution < 1.29 is 19.0 Å². The number of aromatic amines is 1. The van der Waals surface area contributed by atoms with E-state index in [0.29, 0.717) is 29.6 Å². The molecule has 4 rings (SSSR count). The fourth-order valence-corrected chi connectivity index (χ4v) is 4.63. The molecule has 0 bridgehead atoms. The zero-order chi connectivity index (χ0) is 23.8. The van der Waals surface area contributed by atoms with Crippen LogP contribution in [0.4, 0.5) is 10.1 Å². The smallest absolute Gasteiger partial charge is 0.139 e. The van der Waals surface area contributed by atoms with Crippen LogP contribution < -0.4 is 4.90 Å². The van der Waals surface area contributed by atoms with Gasteiger partial charge >= 0.3 is 0 Å². The summed E-state index contributed by atoms with van der Waals surface area (Å²) < 4.78 is 26.0. The third-order valence-electron chi connectivity index (χ3n) is 6.32. The Kier molecular flexibility index (Phi) is 7.09. The van der Waals surface area contributed by atoms with Crippen molar-refractivity contribution >= 4 is 32.5 Å². The van der Waals surface area contributed by atoms with Gasteiger partial charge in [-0.15, -0.1) is 0 Å². The Labute approximate surface area is 202 Å². The molecule has 8 heteroatoms. The predicted octanol–water partition coefficient (Wildman–Crippen LogP) is 5.24. The zero-order valence-electron chi connectivity index (χ0n) is 19.5. The summed E-state index contributed by atoms with van der Waals surface area (Å²) in [5, 5.41) is 10.9. The molecular formula is C25H31BrFN3O3. The standard InChI is InChI=1S/C25H31BrFN3O3/c1-15(32-4)23-18(9-16(13-28-23)30-5-7-33-8-6-30)24-19(12-25(2,3)14-31)17-10-20(26)21(27)11-22(17)29-24/h9-11,13,15,29,31H,5-8,12,14H2,1-4H3/t15-/m0/s1. The van der Waals surface area contributed by atoms with Crippen LogP contribution in [0.5, 0.6) is 0 Å². The molecule has 1 saturated heterocycles. The number of nitrogens with one attached hydrogen (secondary N) is 1. The van der Waals surface area contributed by atoms with E-state index >= 15 is 0 Å². The van der Waals surface area contributed by atoms with Crippen LogP contribution in [0.1, 0.15) is 38.1 Å². The number of nitrogens with zero attached hydrogens (tertiary/aromatic N) is 2. The number of rotatable bonds is 7. The molecule has 1 atom stereocenters. The molecule has 3 heterocycles. The molecule has 6 nitrogen and oxygen atoms in total. The van der Waals surface area contributed by atoms with Crippen molar-refractivity contribution in [2.24, 2.45) is 5.41 Å². The first kappa shape index (κ1) is 24.1. The van der Waals surface area contributed by atoms with Crippen LogP contribution in [0.2, 0.25) is 0 Å². The Bertz CT molecular complexity index is 1140. The van der Waals surface area contributed by atoms with Crippen molar-refractivity contribution in [3.63, 3.8) is 0 Å². The second kappa shape index (κ2) is 9.70. The van der Waals surface area contributed by atoms with Gasteiger partial charge in [0.25, 0.3) is 0 Å². The molecule has 0 saturated carbocycles. The number of pyridine rings is 1. The molecule has 3 aromatic rings. The number of aliphatic hydroxyl groups is 1. The van der Waals surface area contributed by atoms with Crippen molar-refractivity contribution in [2.45, 2.75) is 33.3 Å². The largest absolute Gasteiger partial charge is 0.396 e. The number of aromatic nitrogens is 2. The Morgan fingerprint density at radius 2 is 2.03 bits per heavy atom. The zero-order valence-corrected chi connectivity index (χ0v) is 21.1. The van der Waals surface area contributed by atoms with Gasteiger partial charge < -0.3 is 24.5 Å². The van der Waals surface area contributed by atoms with Gasteiger partial charge in [0, 0.05) is 43.3 Å². The third kappa shape index (κ3) is 4.94. The maximum atomic E-state index is 14.4. The summed E-state index contributed by atoms with van der Waals surface area (Å²) in [7, 11) is 1.67. The number of methoxy groups -OCH3 is 1. The van der Waals surface area contributed by atoms with Crippen molar-refractivity contribution in [1.29, 1.82) is 0 Å². The van der Waals surface area contributed by atoms with Gasteiger partial charge in [0.15, 0.2) is 0 Å². The van der Waals surface area contributed by atoms with E-state index in [1.807, 2.05) is 33.0 Å². The average Bonchev–Trinajstić information content (AvgIpc) is 3.15. The number of halogens is 2. The molecule has 1 aliphatic heterocycles. The Morgan fingerprint density at radius 1 is 1.30 bits per heavy atom. The van der Waals surface area contributed by atoms with Crippen molar-refractivity contribution in [2.75, 3.05) is 44.9 Å². The summed E-state index contributed by atoms with van der Waals surface area (Å²) in [5.74, 6) is -0.325. The molecule has 33 heavy (non-hydrogen) atoms. The van der Waals surface area contributed by atoms with Crippen molar-refractivity contribution in [3.05, 3.63) is 45.9 Å². The minimum atomic E-state index is -0.354. The van der Waals surface area contributed by atoms with Gasteiger partial charge in [-0.1, -0.05) is 13.8 Å². The van der Waals surface area contributed by atoms with Crippen LogP contribution in [0.3, 0.4) is 0 Å². The molecule has 0 spiro atoms. The summed E-state index contributed by atoms with van der Waals surface area (Å²) >= 11 is 3.34. The molecular weight excluding hydrogens is 489 g/mol. The van der Waals surface area contributed by atoms with Crippen LogP contribution in [0.25, 0.3) is 22.2 Å². The lowest BCUT2D eigenvalue weighted by Crippen LogP contribution is -2.36. The van der Waals surface area contributed by atoms with Gasteiger partial charge in [-0.25, -0.2) is 4.39 Å². The fraction of sp³-hybridized carbons (Fsp3) is 0.480. The fourth-order valence-electron chi connectivity index (χ4n) is 4.29. The molecule has 0 amide bonds. The number of fused-ring (bicyclic) bond motifs is 1. The number of ether oxygens (including phenoxy) is 2.